The molecule has 0 aliphatic carbocycles. The third-order valence-electron chi connectivity index (χ3n) is 3.69. The summed E-state index contributed by atoms with van der Waals surface area (Å²) in [6, 6.07) is 15.8. The first-order valence-electron chi connectivity index (χ1n) is 8.21. The van der Waals surface area contributed by atoms with E-state index < -0.39 is 0 Å². The van der Waals surface area contributed by atoms with Gasteiger partial charge in [-0.25, -0.2) is 0 Å². The maximum atomic E-state index is 12.0. The van der Waals surface area contributed by atoms with Crippen LogP contribution in [0, 0.1) is 0 Å². The maximum absolute atomic E-state index is 12.0. The summed E-state index contributed by atoms with van der Waals surface area (Å²) in [7, 11) is 0. The standard InChI is InChI=1S/C19H18BrN3O2S/c1-2-13-3-5-14(6-4-13)11-18-22-23-19(25-18)26-12-17(24)21-16-9-7-15(20)8-10-16/h3-10H,2,11-12H2,1H3,(H,21,24). The number of benzene rings is 2. The Balaban J connectivity index is 1.49. The molecular weight excluding hydrogens is 414 g/mol. The number of rotatable bonds is 7. The van der Waals surface area contributed by atoms with Gasteiger partial charge in [-0.1, -0.05) is 58.9 Å². The normalized spacial score (nSPS) is 10.7. The van der Waals surface area contributed by atoms with Crippen molar-refractivity contribution in [2.24, 2.45) is 0 Å². The fourth-order valence-corrected chi connectivity index (χ4v) is 3.14. The van der Waals surface area contributed by atoms with E-state index in [0.29, 0.717) is 17.5 Å². The number of hydrogen-bond acceptors (Lipinski definition) is 5. The van der Waals surface area contributed by atoms with Crippen LogP contribution >= 0.6 is 27.7 Å². The van der Waals surface area contributed by atoms with E-state index >= 15 is 0 Å². The topological polar surface area (TPSA) is 68.0 Å². The van der Waals surface area contributed by atoms with Crippen LogP contribution in [0.1, 0.15) is 23.9 Å². The Bertz CT molecular complexity index is 863. The Labute approximate surface area is 164 Å². The van der Waals surface area contributed by atoms with Crippen molar-refractivity contribution in [3.63, 3.8) is 0 Å². The fraction of sp³-hybridized carbons (Fsp3) is 0.211. The summed E-state index contributed by atoms with van der Waals surface area (Å²) >= 11 is 4.59. The molecule has 2 aromatic carbocycles. The highest BCUT2D eigenvalue weighted by molar-refractivity contribution is 9.10. The molecular formula is C19H18BrN3O2S. The second kappa shape index (κ2) is 9.00. The van der Waals surface area contributed by atoms with Gasteiger partial charge < -0.3 is 9.73 Å². The maximum Gasteiger partial charge on any atom is 0.277 e. The van der Waals surface area contributed by atoms with E-state index in [1.54, 1.807) is 0 Å². The zero-order valence-electron chi connectivity index (χ0n) is 14.2. The van der Waals surface area contributed by atoms with Crippen molar-refractivity contribution in [1.29, 1.82) is 0 Å². The van der Waals surface area contributed by atoms with Crippen LogP contribution < -0.4 is 5.32 Å². The van der Waals surface area contributed by atoms with Crippen LogP contribution in [0.15, 0.2) is 62.6 Å². The molecule has 7 heteroatoms. The van der Waals surface area contributed by atoms with E-state index in [-0.39, 0.29) is 11.7 Å². The molecule has 3 aromatic rings. The van der Waals surface area contributed by atoms with Crippen LogP contribution in [0.25, 0.3) is 0 Å². The lowest BCUT2D eigenvalue weighted by molar-refractivity contribution is -0.113. The van der Waals surface area contributed by atoms with Gasteiger partial charge in [0.15, 0.2) is 0 Å². The fourth-order valence-electron chi connectivity index (χ4n) is 2.29. The molecule has 0 unspecified atom stereocenters. The molecule has 0 atom stereocenters. The third-order valence-corrected chi connectivity index (χ3v) is 5.04. The average molecular weight is 432 g/mol. The molecule has 0 radical (unpaired) electrons. The number of aromatic nitrogens is 2. The summed E-state index contributed by atoms with van der Waals surface area (Å²) in [4.78, 5) is 12.0. The Morgan fingerprint density at radius 2 is 1.77 bits per heavy atom. The minimum atomic E-state index is -0.118. The first-order chi connectivity index (χ1) is 12.6. The summed E-state index contributed by atoms with van der Waals surface area (Å²) in [6.45, 7) is 2.13. The molecule has 134 valence electrons. The molecule has 0 saturated carbocycles. The molecule has 1 heterocycles. The molecule has 5 nitrogen and oxygen atoms in total. The van der Waals surface area contributed by atoms with E-state index in [0.717, 1.165) is 22.1 Å². The number of amides is 1. The number of carbonyl (C=O) groups excluding carboxylic acids is 1. The quantitative estimate of drug-likeness (QED) is 0.548. The van der Waals surface area contributed by atoms with Crippen molar-refractivity contribution in [2.45, 2.75) is 25.0 Å². The lowest BCUT2D eigenvalue weighted by atomic mass is 10.1. The zero-order valence-corrected chi connectivity index (χ0v) is 16.6. The van der Waals surface area contributed by atoms with Gasteiger partial charge >= 0.3 is 0 Å². The molecule has 0 aliphatic heterocycles. The van der Waals surface area contributed by atoms with Crippen LogP contribution in [-0.4, -0.2) is 21.9 Å². The summed E-state index contributed by atoms with van der Waals surface area (Å²) in [5.74, 6) is 0.639. The van der Waals surface area contributed by atoms with Crippen molar-refractivity contribution >= 4 is 39.3 Å². The Hall–Kier alpha value is -2.12. The number of nitrogens with one attached hydrogen (secondary N) is 1. The van der Waals surface area contributed by atoms with Gasteiger partial charge in [0, 0.05) is 10.2 Å². The number of aryl methyl sites for hydroxylation is 1. The molecule has 1 aromatic heterocycles. The lowest BCUT2D eigenvalue weighted by Crippen LogP contribution is -2.13. The monoisotopic (exact) mass is 431 g/mol. The van der Waals surface area contributed by atoms with Gasteiger partial charge in [0.2, 0.25) is 11.8 Å². The SMILES string of the molecule is CCc1ccc(Cc2nnc(SCC(=O)Nc3ccc(Br)cc3)o2)cc1. The van der Waals surface area contributed by atoms with E-state index in [1.807, 2.05) is 24.3 Å². The molecule has 0 bridgehead atoms. The van der Waals surface area contributed by atoms with Crippen molar-refractivity contribution < 1.29 is 9.21 Å². The van der Waals surface area contributed by atoms with Crippen molar-refractivity contribution in [3.05, 3.63) is 70.0 Å². The van der Waals surface area contributed by atoms with Gasteiger partial charge in [0.1, 0.15) is 0 Å². The molecule has 26 heavy (non-hydrogen) atoms. The highest BCUT2D eigenvalue weighted by Crippen LogP contribution is 2.19. The van der Waals surface area contributed by atoms with Gasteiger partial charge in [0.25, 0.3) is 5.22 Å². The van der Waals surface area contributed by atoms with Gasteiger partial charge in [-0.3, -0.25) is 4.79 Å². The minimum absolute atomic E-state index is 0.118. The van der Waals surface area contributed by atoms with Crippen LogP contribution in [0.4, 0.5) is 5.69 Å². The van der Waals surface area contributed by atoms with Crippen LogP contribution in [0.2, 0.25) is 0 Å². The number of carbonyl (C=O) groups is 1. The number of hydrogen-bond donors (Lipinski definition) is 1. The number of anilines is 1. The van der Waals surface area contributed by atoms with Crippen LogP contribution in [0.5, 0.6) is 0 Å². The second-order valence-electron chi connectivity index (χ2n) is 5.65. The van der Waals surface area contributed by atoms with Gasteiger partial charge in [-0.05, 0) is 41.8 Å². The summed E-state index contributed by atoms with van der Waals surface area (Å²) in [5, 5.41) is 11.3. The highest BCUT2D eigenvalue weighted by Gasteiger charge is 2.10. The van der Waals surface area contributed by atoms with E-state index in [2.05, 4.69) is 62.6 Å². The minimum Gasteiger partial charge on any atom is -0.416 e. The molecule has 3 rings (SSSR count). The zero-order chi connectivity index (χ0) is 18.4. The first-order valence-corrected chi connectivity index (χ1v) is 9.98. The highest BCUT2D eigenvalue weighted by atomic mass is 79.9. The molecule has 0 spiro atoms. The van der Waals surface area contributed by atoms with E-state index in [9.17, 15) is 4.79 Å². The molecule has 1 amide bonds. The smallest absolute Gasteiger partial charge is 0.277 e. The molecule has 0 saturated heterocycles. The number of nitrogens with zero attached hydrogens (tertiary/aromatic N) is 2. The predicted molar refractivity (Wildman–Crippen MR) is 106 cm³/mol. The first kappa shape index (κ1) is 18.7. The largest absolute Gasteiger partial charge is 0.416 e. The van der Waals surface area contributed by atoms with Crippen molar-refractivity contribution in [2.75, 3.05) is 11.1 Å². The second-order valence-corrected chi connectivity index (χ2v) is 7.49. The lowest BCUT2D eigenvalue weighted by Gasteiger charge is -2.03. The number of halogens is 1. The van der Waals surface area contributed by atoms with E-state index in [1.165, 1.54) is 17.3 Å². The molecule has 0 fully saturated rings. The van der Waals surface area contributed by atoms with Crippen LogP contribution in [0.3, 0.4) is 0 Å². The average Bonchev–Trinajstić information content (AvgIpc) is 3.10. The molecule has 1 N–H and O–H groups in total. The summed E-state index contributed by atoms with van der Waals surface area (Å²) in [5.41, 5.74) is 3.17. The van der Waals surface area contributed by atoms with Gasteiger partial charge in [0.05, 0.1) is 12.2 Å². The Kier molecular flexibility index (Phi) is 6.46. The summed E-state index contributed by atoms with van der Waals surface area (Å²) < 4.78 is 6.58. The van der Waals surface area contributed by atoms with E-state index in [4.69, 9.17) is 4.42 Å². The number of thioether (sulfide) groups is 1. The Morgan fingerprint density at radius 3 is 2.46 bits per heavy atom. The molecule has 0 aliphatic rings. The predicted octanol–water partition coefficient (Wildman–Crippen LogP) is 4.72. The van der Waals surface area contributed by atoms with Gasteiger partial charge in [-0.2, -0.15) is 0 Å². The Morgan fingerprint density at radius 1 is 1.08 bits per heavy atom. The third kappa shape index (κ3) is 5.44. The van der Waals surface area contributed by atoms with Gasteiger partial charge in [-0.15, -0.1) is 10.2 Å². The van der Waals surface area contributed by atoms with Crippen molar-refractivity contribution in [1.82, 2.24) is 10.2 Å². The van der Waals surface area contributed by atoms with Crippen molar-refractivity contribution in [3.8, 4) is 0 Å². The van der Waals surface area contributed by atoms with Crippen LogP contribution in [-0.2, 0) is 17.6 Å². The summed E-state index contributed by atoms with van der Waals surface area (Å²) in [6.07, 6.45) is 1.60.